The highest BCUT2D eigenvalue weighted by Crippen LogP contribution is 2.32. The lowest BCUT2D eigenvalue weighted by Crippen LogP contribution is -2.12. The Morgan fingerprint density at radius 2 is 2.00 bits per heavy atom. The molecule has 0 fully saturated rings. The summed E-state index contributed by atoms with van der Waals surface area (Å²) in [5.41, 5.74) is 4.04. The second-order valence-electron chi connectivity index (χ2n) is 7.34. The number of amides is 1. The van der Waals surface area contributed by atoms with Crippen molar-refractivity contribution in [1.82, 2.24) is 4.98 Å². The number of nitrogens with one attached hydrogen (secondary N) is 1. The third-order valence-electron chi connectivity index (χ3n) is 4.64. The van der Waals surface area contributed by atoms with Crippen LogP contribution in [-0.2, 0) is 4.79 Å². The Balaban J connectivity index is 1.46. The molecule has 0 saturated carbocycles. The van der Waals surface area contributed by atoms with Gasteiger partial charge in [0.2, 0.25) is 5.91 Å². The van der Waals surface area contributed by atoms with Crippen LogP contribution in [0.1, 0.15) is 43.7 Å². The predicted octanol–water partition coefficient (Wildman–Crippen LogP) is 7.35. The van der Waals surface area contributed by atoms with Gasteiger partial charge in [0.25, 0.3) is 0 Å². The van der Waals surface area contributed by atoms with Gasteiger partial charge in [-0.2, -0.15) is 0 Å². The zero-order chi connectivity index (χ0) is 21.7. The van der Waals surface area contributed by atoms with Crippen molar-refractivity contribution in [2.45, 2.75) is 39.5 Å². The topological polar surface area (TPSA) is 51.2 Å². The number of nitrogens with zero attached hydrogens (tertiary/aromatic N) is 1. The van der Waals surface area contributed by atoms with E-state index in [-0.39, 0.29) is 5.91 Å². The number of anilines is 1. The summed E-state index contributed by atoms with van der Waals surface area (Å²) in [5.74, 6) is 1.24. The van der Waals surface area contributed by atoms with Crippen molar-refractivity contribution in [1.29, 1.82) is 0 Å². The molecular formula is C23H24Cl2N2O2S. The molecule has 158 valence electrons. The molecule has 0 unspecified atom stereocenters. The molecule has 0 spiro atoms. The van der Waals surface area contributed by atoms with Gasteiger partial charge in [0.15, 0.2) is 5.13 Å². The van der Waals surface area contributed by atoms with E-state index in [1.54, 1.807) is 12.1 Å². The standard InChI is InChI=1S/C23H24Cl2N2O2S/c1-14(2)18-9-7-17(11-15(18)3)29-10-4-5-22(28)27-23-26-21(13-30-23)19-8-6-16(24)12-20(19)25/h6-9,11-14H,4-5,10H2,1-3H3,(H,26,27,28). The number of carbonyl (C=O) groups excluding carboxylic acids is 1. The van der Waals surface area contributed by atoms with E-state index in [4.69, 9.17) is 27.9 Å². The van der Waals surface area contributed by atoms with Crippen molar-refractivity contribution in [3.63, 3.8) is 0 Å². The molecule has 3 aromatic rings. The molecule has 1 N–H and O–H groups in total. The van der Waals surface area contributed by atoms with E-state index >= 15 is 0 Å². The second-order valence-corrected chi connectivity index (χ2v) is 9.04. The monoisotopic (exact) mass is 462 g/mol. The first-order chi connectivity index (χ1) is 14.3. The molecule has 0 bridgehead atoms. The van der Waals surface area contributed by atoms with E-state index in [0.717, 1.165) is 11.3 Å². The maximum Gasteiger partial charge on any atom is 0.226 e. The number of benzene rings is 2. The maximum atomic E-state index is 12.2. The number of thiazole rings is 1. The third kappa shape index (κ3) is 5.97. The van der Waals surface area contributed by atoms with E-state index in [1.165, 1.54) is 22.5 Å². The number of hydrogen-bond donors (Lipinski definition) is 1. The first kappa shape index (κ1) is 22.6. The summed E-state index contributed by atoms with van der Waals surface area (Å²) in [4.78, 5) is 16.7. The minimum Gasteiger partial charge on any atom is -0.494 e. The van der Waals surface area contributed by atoms with Crippen molar-refractivity contribution in [2.24, 2.45) is 0 Å². The fourth-order valence-electron chi connectivity index (χ4n) is 3.14. The van der Waals surface area contributed by atoms with Crippen LogP contribution in [0.2, 0.25) is 10.0 Å². The Morgan fingerprint density at radius 1 is 1.20 bits per heavy atom. The van der Waals surface area contributed by atoms with Crippen LogP contribution in [0.5, 0.6) is 5.75 Å². The molecule has 0 radical (unpaired) electrons. The van der Waals surface area contributed by atoms with Crippen LogP contribution in [0.25, 0.3) is 11.3 Å². The van der Waals surface area contributed by atoms with Crippen LogP contribution in [0.15, 0.2) is 41.8 Å². The molecule has 2 aromatic carbocycles. The van der Waals surface area contributed by atoms with Crippen molar-refractivity contribution in [3.05, 3.63) is 63.0 Å². The van der Waals surface area contributed by atoms with E-state index in [0.29, 0.717) is 46.2 Å². The fraction of sp³-hybridized carbons (Fsp3) is 0.304. The fourth-order valence-corrected chi connectivity index (χ4v) is 4.37. The van der Waals surface area contributed by atoms with Gasteiger partial charge in [-0.15, -0.1) is 11.3 Å². The molecule has 0 atom stereocenters. The Kier molecular flexibility index (Phi) is 7.75. The molecule has 4 nitrogen and oxygen atoms in total. The second kappa shape index (κ2) is 10.3. The zero-order valence-electron chi connectivity index (χ0n) is 17.2. The molecule has 3 rings (SSSR count). The summed E-state index contributed by atoms with van der Waals surface area (Å²) < 4.78 is 5.79. The van der Waals surface area contributed by atoms with Crippen LogP contribution in [0.3, 0.4) is 0 Å². The van der Waals surface area contributed by atoms with Crippen molar-refractivity contribution >= 4 is 45.6 Å². The zero-order valence-corrected chi connectivity index (χ0v) is 19.5. The highest BCUT2D eigenvalue weighted by molar-refractivity contribution is 7.14. The normalized spacial score (nSPS) is 11.0. The lowest BCUT2D eigenvalue weighted by atomic mass is 9.98. The summed E-state index contributed by atoms with van der Waals surface area (Å²) in [7, 11) is 0. The summed E-state index contributed by atoms with van der Waals surface area (Å²) in [6.07, 6.45) is 0.984. The quantitative estimate of drug-likeness (QED) is 0.356. The van der Waals surface area contributed by atoms with Gasteiger partial charge in [0.1, 0.15) is 5.75 Å². The molecule has 0 saturated heterocycles. The van der Waals surface area contributed by atoms with Crippen molar-refractivity contribution < 1.29 is 9.53 Å². The van der Waals surface area contributed by atoms with E-state index < -0.39 is 0 Å². The van der Waals surface area contributed by atoms with Crippen LogP contribution >= 0.6 is 34.5 Å². The largest absolute Gasteiger partial charge is 0.494 e. The van der Waals surface area contributed by atoms with Gasteiger partial charge in [-0.05, 0) is 60.7 Å². The molecule has 0 aliphatic carbocycles. The SMILES string of the molecule is Cc1cc(OCCCC(=O)Nc2nc(-c3ccc(Cl)cc3Cl)cs2)ccc1C(C)C. The van der Waals surface area contributed by atoms with Crippen LogP contribution in [-0.4, -0.2) is 17.5 Å². The van der Waals surface area contributed by atoms with Gasteiger partial charge in [-0.25, -0.2) is 4.98 Å². The van der Waals surface area contributed by atoms with Gasteiger partial charge in [-0.1, -0.05) is 43.1 Å². The minimum absolute atomic E-state index is 0.0898. The molecule has 7 heteroatoms. The Hall–Kier alpha value is -2.08. The highest BCUT2D eigenvalue weighted by Gasteiger charge is 2.11. The molecule has 1 aromatic heterocycles. The number of ether oxygens (including phenoxy) is 1. The summed E-state index contributed by atoms with van der Waals surface area (Å²) >= 11 is 13.5. The molecule has 0 aliphatic rings. The average molecular weight is 463 g/mol. The number of carbonyl (C=O) groups is 1. The number of halogens is 2. The lowest BCUT2D eigenvalue weighted by molar-refractivity contribution is -0.116. The van der Waals surface area contributed by atoms with Gasteiger partial charge in [0, 0.05) is 22.4 Å². The Bertz CT molecular complexity index is 1030. The molecule has 30 heavy (non-hydrogen) atoms. The van der Waals surface area contributed by atoms with Gasteiger partial charge in [-0.3, -0.25) is 4.79 Å². The van der Waals surface area contributed by atoms with Gasteiger partial charge in [0.05, 0.1) is 17.3 Å². The number of aromatic nitrogens is 1. The summed E-state index contributed by atoms with van der Waals surface area (Å²) in [5, 5.41) is 6.33. The predicted molar refractivity (Wildman–Crippen MR) is 126 cm³/mol. The van der Waals surface area contributed by atoms with Crippen LogP contribution in [0, 0.1) is 6.92 Å². The van der Waals surface area contributed by atoms with Crippen molar-refractivity contribution in [2.75, 3.05) is 11.9 Å². The molecular weight excluding hydrogens is 439 g/mol. The van der Waals surface area contributed by atoms with E-state index in [1.807, 2.05) is 23.6 Å². The first-order valence-corrected chi connectivity index (χ1v) is 11.4. The average Bonchev–Trinajstić information content (AvgIpc) is 3.13. The van der Waals surface area contributed by atoms with Crippen LogP contribution in [0.4, 0.5) is 5.13 Å². The lowest BCUT2D eigenvalue weighted by Gasteiger charge is -2.12. The minimum atomic E-state index is -0.0898. The molecule has 1 heterocycles. The first-order valence-electron chi connectivity index (χ1n) is 9.77. The number of hydrogen-bond acceptors (Lipinski definition) is 4. The number of aryl methyl sites for hydroxylation is 1. The van der Waals surface area contributed by atoms with Gasteiger partial charge >= 0.3 is 0 Å². The smallest absolute Gasteiger partial charge is 0.226 e. The molecule has 0 aliphatic heterocycles. The summed E-state index contributed by atoms with van der Waals surface area (Å²) in [6, 6.07) is 11.4. The number of rotatable bonds is 8. The van der Waals surface area contributed by atoms with Crippen LogP contribution < -0.4 is 10.1 Å². The summed E-state index contributed by atoms with van der Waals surface area (Å²) in [6.45, 7) is 6.93. The third-order valence-corrected chi connectivity index (χ3v) is 5.94. The van der Waals surface area contributed by atoms with Gasteiger partial charge < -0.3 is 10.1 Å². The molecule has 1 amide bonds. The Labute approximate surface area is 191 Å². The maximum absolute atomic E-state index is 12.2. The Morgan fingerprint density at radius 3 is 2.70 bits per heavy atom. The van der Waals surface area contributed by atoms with E-state index in [9.17, 15) is 4.79 Å². The van der Waals surface area contributed by atoms with Crippen molar-refractivity contribution in [3.8, 4) is 17.0 Å². The van der Waals surface area contributed by atoms with E-state index in [2.05, 4.69) is 37.1 Å². The highest BCUT2D eigenvalue weighted by atomic mass is 35.5.